The number of aromatic nitrogens is 2. The first-order chi connectivity index (χ1) is 16.7. The number of rotatable bonds is 6. The van der Waals surface area contributed by atoms with Crippen molar-refractivity contribution in [1.29, 1.82) is 0 Å². The number of amides is 2. The highest BCUT2D eigenvalue weighted by molar-refractivity contribution is 5.97. The summed E-state index contributed by atoms with van der Waals surface area (Å²) in [6, 6.07) is 6.80. The highest BCUT2D eigenvalue weighted by Crippen LogP contribution is 2.27. The van der Waals surface area contributed by atoms with Gasteiger partial charge in [0.1, 0.15) is 11.7 Å². The van der Waals surface area contributed by atoms with E-state index in [1.165, 1.54) is 0 Å². The average molecular weight is 479 g/mol. The topological polar surface area (TPSA) is 95.9 Å². The van der Waals surface area contributed by atoms with Crippen molar-refractivity contribution in [3.8, 4) is 17.7 Å². The lowest BCUT2D eigenvalue weighted by Crippen LogP contribution is -2.50. The number of nitrogens with zero attached hydrogens (tertiary/aromatic N) is 4. The second-order valence-electron chi connectivity index (χ2n) is 9.40. The van der Waals surface area contributed by atoms with Gasteiger partial charge < -0.3 is 19.6 Å². The standard InChI is InChI=1S/C27H34N4O4/c1-18(2)9-10-21-12-23-26(29-14-21)35-24(19(3)15-31(27(23)34)20(4)17-32)16-30(5)25(33)13-22-8-6-7-11-28-22/h6-8,11-12,14,18-20,24,32H,13,15-17H2,1-5H3/t19-,20-,24+/m1/s1. The molecule has 0 aliphatic carbocycles. The normalized spacial score (nSPS) is 18.5. The molecule has 0 fully saturated rings. The Bertz CT molecular complexity index is 1090. The molecule has 3 heterocycles. The predicted molar refractivity (Wildman–Crippen MR) is 133 cm³/mol. The van der Waals surface area contributed by atoms with Crippen LogP contribution in [0.25, 0.3) is 0 Å². The van der Waals surface area contributed by atoms with Crippen molar-refractivity contribution in [3.63, 3.8) is 0 Å². The van der Waals surface area contributed by atoms with Gasteiger partial charge >= 0.3 is 0 Å². The first kappa shape index (κ1) is 26.2. The number of pyridine rings is 2. The monoisotopic (exact) mass is 478 g/mol. The summed E-state index contributed by atoms with van der Waals surface area (Å²) in [6.45, 7) is 8.28. The molecule has 0 spiro atoms. The first-order valence-corrected chi connectivity index (χ1v) is 11.9. The van der Waals surface area contributed by atoms with Gasteiger partial charge in [0.15, 0.2) is 0 Å². The molecule has 1 aliphatic rings. The van der Waals surface area contributed by atoms with Crippen LogP contribution in [0.2, 0.25) is 0 Å². The summed E-state index contributed by atoms with van der Waals surface area (Å²) in [6.07, 6.45) is 3.05. The van der Waals surface area contributed by atoms with Crippen molar-refractivity contribution < 1.29 is 19.4 Å². The molecule has 2 amide bonds. The zero-order chi connectivity index (χ0) is 25.5. The molecule has 186 valence electrons. The highest BCUT2D eigenvalue weighted by atomic mass is 16.5. The van der Waals surface area contributed by atoms with Crippen molar-refractivity contribution in [3.05, 3.63) is 53.5 Å². The predicted octanol–water partition coefficient (Wildman–Crippen LogP) is 2.41. The van der Waals surface area contributed by atoms with E-state index in [9.17, 15) is 14.7 Å². The number of likely N-dealkylation sites (N-methyl/N-ethyl adjacent to an activating group) is 1. The fraction of sp³-hybridized carbons (Fsp3) is 0.481. The summed E-state index contributed by atoms with van der Waals surface area (Å²) < 4.78 is 6.25. The molecule has 3 rings (SSSR count). The largest absolute Gasteiger partial charge is 0.472 e. The van der Waals surface area contributed by atoms with Gasteiger partial charge in [0.25, 0.3) is 5.91 Å². The maximum Gasteiger partial charge on any atom is 0.259 e. The second-order valence-corrected chi connectivity index (χ2v) is 9.40. The third kappa shape index (κ3) is 6.80. The minimum Gasteiger partial charge on any atom is -0.472 e. The second kappa shape index (κ2) is 11.8. The van der Waals surface area contributed by atoms with Crippen molar-refractivity contribution in [2.45, 2.75) is 46.3 Å². The number of aliphatic hydroxyl groups is 1. The Kier molecular flexibility index (Phi) is 8.83. The molecule has 0 radical (unpaired) electrons. The van der Waals surface area contributed by atoms with E-state index in [-0.39, 0.29) is 48.6 Å². The lowest BCUT2D eigenvalue weighted by atomic mass is 9.99. The summed E-state index contributed by atoms with van der Waals surface area (Å²) >= 11 is 0. The van der Waals surface area contributed by atoms with Gasteiger partial charge in [0, 0.05) is 49.1 Å². The Hall–Kier alpha value is -3.44. The Morgan fingerprint density at radius 2 is 2.09 bits per heavy atom. The Balaban J connectivity index is 1.89. The van der Waals surface area contributed by atoms with Crippen LogP contribution in [0.5, 0.6) is 5.88 Å². The van der Waals surface area contributed by atoms with Gasteiger partial charge in [-0.3, -0.25) is 14.6 Å². The van der Waals surface area contributed by atoms with Crippen LogP contribution in [0, 0.1) is 23.7 Å². The smallest absolute Gasteiger partial charge is 0.259 e. The molecule has 8 heteroatoms. The number of aliphatic hydroxyl groups excluding tert-OH is 1. The summed E-state index contributed by atoms with van der Waals surface area (Å²) in [5.41, 5.74) is 1.63. The van der Waals surface area contributed by atoms with Crippen molar-refractivity contribution >= 4 is 11.8 Å². The molecule has 0 saturated carbocycles. The molecule has 0 saturated heterocycles. The van der Waals surface area contributed by atoms with Crippen LogP contribution < -0.4 is 4.74 Å². The summed E-state index contributed by atoms with van der Waals surface area (Å²) in [5.74, 6) is 6.08. The van der Waals surface area contributed by atoms with Gasteiger partial charge in [-0.05, 0) is 25.1 Å². The van der Waals surface area contributed by atoms with E-state index in [4.69, 9.17) is 4.74 Å². The lowest BCUT2D eigenvalue weighted by Gasteiger charge is -2.37. The Labute approximate surface area is 207 Å². The molecule has 0 unspecified atom stereocenters. The van der Waals surface area contributed by atoms with Crippen molar-refractivity contribution in [2.24, 2.45) is 11.8 Å². The fourth-order valence-corrected chi connectivity index (χ4v) is 3.78. The molecule has 35 heavy (non-hydrogen) atoms. The van der Waals surface area contributed by atoms with Gasteiger partial charge in [0.2, 0.25) is 11.8 Å². The van der Waals surface area contributed by atoms with Gasteiger partial charge in [-0.2, -0.15) is 0 Å². The van der Waals surface area contributed by atoms with Crippen LogP contribution in [0.4, 0.5) is 0 Å². The van der Waals surface area contributed by atoms with Crippen LogP contribution in [0.1, 0.15) is 49.3 Å². The molecular formula is C27H34N4O4. The van der Waals surface area contributed by atoms with E-state index in [1.807, 2.05) is 39.0 Å². The Morgan fingerprint density at radius 1 is 1.31 bits per heavy atom. The Morgan fingerprint density at radius 3 is 2.74 bits per heavy atom. The summed E-state index contributed by atoms with van der Waals surface area (Å²) in [7, 11) is 1.73. The lowest BCUT2D eigenvalue weighted by molar-refractivity contribution is -0.130. The van der Waals surface area contributed by atoms with Crippen molar-refractivity contribution in [1.82, 2.24) is 19.8 Å². The number of hydrogen-bond donors (Lipinski definition) is 1. The van der Waals surface area contributed by atoms with Gasteiger partial charge in [0.05, 0.1) is 25.6 Å². The number of ether oxygens (including phenoxy) is 1. The first-order valence-electron chi connectivity index (χ1n) is 11.9. The zero-order valence-electron chi connectivity index (χ0n) is 21.1. The molecule has 1 aliphatic heterocycles. The van der Waals surface area contributed by atoms with Gasteiger partial charge in [-0.1, -0.05) is 38.7 Å². The van der Waals surface area contributed by atoms with Gasteiger partial charge in [-0.25, -0.2) is 4.98 Å². The quantitative estimate of drug-likeness (QED) is 0.641. The molecule has 0 aromatic carbocycles. The molecule has 2 aromatic rings. The van der Waals surface area contributed by atoms with Gasteiger partial charge in [-0.15, -0.1) is 0 Å². The maximum atomic E-state index is 13.4. The van der Waals surface area contributed by atoms with Crippen LogP contribution in [-0.2, 0) is 11.2 Å². The fourth-order valence-electron chi connectivity index (χ4n) is 3.78. The molecular weight excluding hydrogens is 444 g/mol. The van der Waals surface area contributed by atoms with Crippen molar-refractivity contribution in [2.75, 3.05) is 26.7 Å². The highest BCUT2D eigenvalue weighted by Gasteiger charge is 2.34. The molecule has 1 N–H and O–H groups in total. The summed E-state index contributed by atoms with van der Waals surface area (Å²) in [5, 5.41) is 9.80. The number of carbonyl (C=O) groups is 2. The SMILES string of the molecule is CC(C)C#Cc1cnc2c(c1)C(=O)N([C@H](C)CO)C[C@@H](C)[C@H](CN(C)C(=O)Cc1ccccn1)O2. The third-order valence-electron chi connectivity index (χ3n) is 5.96. The van der Waals surface area contributed by atoms with Crippen LogP contribution in [0.15, 0.2) is 36.7 Å². The minimum absolute atomic E-state index is 0.0780. The van der Waals surface area contributed by atoms with E-state index in [1.54, 1.807) is 42.2 Å². The van der Waals surface area contributed by atoms with Crippen LogP contribution in [0.3, 0.4) is 0 Å². The average Bonchev–Trinajstić information content (AvgIpc) is 2.84. The number of hydrogen-bond acceptors (Lipinski definition) is 6. The van der Waals surface area contributed by atoms with Crippen LogP contribution in [-0.4, -0.2) is 75.6 Å². The van der Waals surface area contributed by atoms with E-state index >= 15 is 0 Å². The third-order valence-corrected chi connectivity index (χ3v) is 5.96. The number of carbonyl (C=O) groups excluding carboxylic acids is 2. The molecule has 3 atom stereocenters. The van der Waals surface area contributed by atoms with Crippen LogP contribution >= 0.6 is 0 Å². The molecule has 0 bridgehead atoms. The summed E-state index contributed by atoms with van der Waals surface area (Å²) in [4.78, 5) is 38.2. The molecule has 8 nitrogen and oxygen atoms in total. The molecule has 2 aromatic heterocycles. The number of fused-ring (bicyclic) bond motifs is 1. The van der Waals surface area contributed by atoms with E-state index < -0.39 is 6.10 Å². The maximum absolute atomic E-state index is 13.4. The van der Waals surface area contributed by atoms with E-state index in [0.717, 1.165) is 0 Å². The zero-order valence-corrected chi connectivity index (χ0v) is 21.1. The minimum atomic E-state index is -0.409. The van der Waals surface area contributed by atoms with E-state index in [2.05, 4.69) is 21.8 Å². The van der Waals surface area contributed by atoms with E-state index in [0.29, 0.717) is 29.9 Å².